The number of ketones is 1. The molecule has 6 nitrogen and oxygen atoms in total. The summed E-state index contributed by atoms with van der Waals surface area (Å²) in [4.78, 5) is 21.9. The van der Waals surface area contributed by atoms with Crippen LogP contribution in [0.4, 0.5) is 0 Å². The van der Waals surface area contributed by atoms with Gasteiger partial charge in [-0.25, -0.2) is 0 Å². The number of hydrogen-bond acceptors (Lipinski definition) is 5. The van der Waals surface area contributed by atoms with Crippen LogP contribution in [-0.4, -0.2) is 45.4 Å². The lowest BCUT2D eigenvalue weighted by molar-refractivity contribution is -0.154. The molecular formula is C9H17NO5. The molecule has 0 saturated heterocycles. The first-order valence-electron chi connectivity index (χ1n) is 4.62. The highest BCUT2D eigenvalue weighted by Gasteiger charge is 2.36. The van der Waals surface area contributed by atoms with E-state index in [1.165, 1.54) is 0 Å². The number of carbonyl (C=O) groups is 2. The molecule has 0 amide bonds. The van der Waals surface area contributed by atoms with Crippen molar-refractivity contribution in [2.75, 3.05) is 0 Å². The third-order valence-electron chi connectivity index (χ3n) is 1.91. The molecule has 0 radical (unpaired) electrons. The molecule has 6 heteroatoms. The van der Waals surface area contributed by atoms with Crippen molar-refractivity contribution in [2.45, 2.75) is 39.1 Å². The topological polar surface area (TPSA) is 107 Å². The number of carboxylic acid groups (broad SMARTS) is 1. The fourth-order valence-corrected chi connectivity index (χ4v) is 1.32. The van der Waals surface area contributed by atoms with Crippen molar-refractivity contribution in [2.24, 2.45) is 5.92 Å². The number of Topliss-reactive ketones (excluding diaryl/α,β-unsaturated/α-hetero) is 1. The van der Waals surface area contributed by atoms with E-state index in [1.54, 1.807) is 13.8 Å². The van der Waals surface area contributed by atoms with Gasteiger partial charge in [-0.05, 0) is 6.92 Å². The molecule has 0 fully saturated rings. The van der Waals surface area contributed by atoms with Crippen LogP contribution in [0.3, 0.4) is 0 Å². The molecule has 0 rings (SSSR count). The molecule has 0 aromatic heterocycles. The molecule has 0 saturated carbocycles. The van der Waals surface area contributed by atoms with Gasteiger partial charge in [0, 0.05) is 6.04 Å². The van der Waals surface area contributed by atoms with Gasteiger partial charge in [-0.3, -0.25) is 9.59 Å². The van der Waals surface area contributed by atoms with Crippen LogP contribution in [0.2, 0.25) is 0 Å². The second-order valence-electron chi connectivity index (χ2n) is 3.69. The number of aliphatic hydroxyl groups is 2. The Balaban J connectivity index is 4.84. The Kier molecular flexibility index (Phi) is 5.41. The van der Waals surface area contributed by atoms with Crippen molar-refractivity contribution >= 4 is 11.8 Å². The molecule has 88 valence electrons. The summed E-state index contributed by atoms with van der Waals surface area (Å²) in [5.74, 6) is -3.44. The lowest BCUT2D eigenvalue weighted by atomic mass is 9.94. The average molecular weight is 219 g/mol. The first-order chi connectivity index (χ1) is 6.77. The fourth-order valence-electron chi connectivity index (χ4n) is 1.32. The monoisotopic (exact) mass is 219 g/mol. The first kappa shape index (κ1) is 14.0. The second-order valence-corrected chi connectivity index (χ2v) is 3.69. The Morgan fingerprint density at radius 2 is 1.67 bits per heavy atom. The zero-order valence-corrected chi connectivity index (χ0v) is 8.97. The van der Waals surface area contributed by atoms with E-state index in [-0.39, 0.29) is 6.04 Å². The van der Waals surface area contributed by atoms with Gasteiger partial charge < -0.3 is 20.6 Å². The summed E-state index contributed by atoms with van der Waals surface area (Å²) in [6.45, 7) is 4.54. The smallest absolute Gasteiger partial charge is 0.315 e. The molecule has 4 N–H and O–H groups in total. The molecule has 2 unspecified atom stereocenters. The van der Waals surface area contributed by atoms with Gasteiger partial charge in [-0.1, -0.05) is 13.8 Å². The van der Waals surface area contributed by atoms with Crippen LogP contribution in [0, 0.1) is 5.92 Å². The molecule has 0 aliphatic heterocycles. The Morgan fingerprint density at radius 3 is 1.87 bits per heavy atom. The van der Waals surface area contributed by atoms with Crippen molar-refractivity contribution in [3.05, 3.63) is 0 Å². The molecule has 0 aliphatic rings. The number of carboxylic acids is 1. The minimum atomic E-state index is -1.89. The molecule has 0 aromatic carbocycles. The highest BCUT2D eigenvalue weighted by molar-refractivity contribution is 5.97. The van der Waals surface area contributed by atoms with Crippen molar-refractivity contribution < 1.29 is 24.9 Å². The molecule has 15 heavy (non-hydrogen) atoms. The lowest BCUT2D eigenvalue weighted by Crippen LogP contribution is -2.52. The minimum absolute atomic E-state index is 0.155. The molecule has 0 heterocycles. The summed E-state index contributed by atoms with van der Waals surface area (Å²) in [5.41, 5.74) is 0. The molecule has 0 spiro atoms. The summed E-state index contributed by atoms with van der Waals surface area (Å²) < 4.78 is 0. The van der Waals surface area contributed by atoms with Crippen molar-refractivity contribution in [1.29, 1.82) is 0 Å². The molecule has 0 aromatic rings. The van der Waals surface area contributed by atoms with E-state index in [0.717, 1.165) is 6.92 Å². The molecule has 2 atom stereocenters. The van der Waals surface area contributed by atoms with Crippen LogP contribution in [-0.2, 0) is 9.59 Å². The number of hydrogen-bond donors (Lipinski definition) is 4. The summed E-state index contributed by atoms with van der Waals surface area (Å²) in [5, 5.41) is 29.4. The maximum absolute atomic E-state index is 11.1. The summed E-state index contributed by atoms with van der Waals surface area (Å²) in [7, 11) is 0. The van der Waals surface area contributed by atoms with Gasteiger partial charge in [0.2, 0.25) is 0 Å². The second kappa shape index (κ2) is 5.79. The normalized spacial score (nSPS) is 15.4. The van der Waals surface area contributed by atoms with E-state index in [1.807, 2.05) is 0 Å². The predicted molar refractivity (Wildman–Crippen MR) is 52.1 cm³/mol. The number of aliphatic carboxylic acids is 1. The third kappa shape index (κ3) is 4.37. The summed E-state index contributed by atoms with van der Waals surface area (Å²) in [6, 6.07) is -1.35. The van der Waals surface area contributed by atoms with Crippen LogP contribution >= 0.6 is 0 Å². The van der Waals surface area contributed by atoms with E-state index < -0.39 is 30.0 Å². The molecule has 0 bridgehead atoms. The summed E-state index contributed by atoms with van der Waals surface area (Å²) >= 11 is 0. The standard InChI is InChI=1S/C9H17NO5/c1-4(2)10-7(9(14)15)6(5(3)11)8(12)13/h4,6-7,9-10,14-15H,1-3H3,(H,12,13). The number of carbonyl (C=O) groups excluding carboxylic acids is 1. The highest BCUT2D eigenvalue weighted by atomic mass is 16.5. The van der Waals surface area contributed by atoms with Crippen molar-refractivity contribution in [3.8, 4) is 0 Å². The van der Waals surface area contributed by atoms with Gasteiger partial charge >= 0.3 is 5.97 Å². The van der Waals surface area contributed by atoms with Gasteiger partial charge in [0.25, 0.3) is 0 Å². The average Bonchev–Trinajstić information content (AvgIpc) is 2.00. The maximum atomic E-state index is 11.1. The van der Waals surface area contributed by atoms with Crippen LogP contribution < -0.4 is 5.32 Å². The van der Waals surface area contributed by atoms with Gasteiger partial charge in [0.15, 0.2) is 6.29 Å². The Bertz CT molecular complexity index is 225. The summed E-state index contributed by atoms with van der Waals surface area (Å²) in [6.07, 6.45) is -1.89. The minimum Gasteiger partial charge on any atom is -0.481 e. The Hall–Kier alpha value is -0.980. The Morgan fingerprint density at radius 1 is 1.20 bits per heavy atom. The largest absolute Gasteiger partial charge is 0.481 e. The predicted octanol–water partition coefficient (Wildman–Crippen LogP) is -1.05. The van der Waals surface area contributed by atoms with E-state index >= 15 is 0 Å². The van der Waals surface area contributed by atoms with Crippen LogP contribution in [0.25, 0.3) is 0 Å². The number of nitrogens with one attached hydrogen (secondary N) is 1. The van der Waals surface area contributed by atoms with E-state index in [2.05, 4.69) is 5.32 Å². The zero-order chi connectivity index (χ0) is 12.2. The third-order valence-corrected chi connectivity index (χ3v) is 1.91. The van der Waals surface area contributed by atoms with Gasteiger partial charge in [0.05, 0.1) is 6.04 Å². The van der Waals surface area contributed by atoms with Gasteiger partial charge in [-0.15, -0.1) is 0 Å². The van der Waals surface area contributed by atoms with Gasteiger partial charge in [-0.2, -0.15) is 0 Å². The zero-order valence-electron chi connectivity index (χ0n) is 8.97. The van der Waals surface area contributed by atoms with Crippen LogP contribution in [0.5, 0.6) is 0 Å². The lowest BCUT2D eigenvalue weighted by Gasteiger charge is -2.26. The molecule has 0 aliphatic carbocycles. The van der Waals surface area contributed by atoms with Crippen molar-refractivity contribution in [3.63, 3.8) is 0 Å². The maximum Gasteiger partial charge on any atom is 0.315 e. The number of aliphatic hydroxyl groups excluding tert-OH is 1. The fraction of sp³-hybridized carbons (Fsp3) is 0.778. The quantitative estimate of drug-likeness (QED) is 0.335. The number of rotatable bonds is 6. The van der Waals surface area contributed by atoms with Crippen molar-refractivity contribution in [1.82, 2.24) is 5.32 Å². The first-order valence-corrected chi connectivity index (χ1v) is 4.62. The SMILES string of the molecule is CC(=O)C(C(=O)O)C(NC(C)C)C(O)O. The Labute approximate surface area is 87.9 Å². The van der Waals surface area contributed by atoms with E-state index in [4.69, 9.17) is 15.3 Å². The van der Waals surface area contributed by atoms with Gasteiger partial charge in [0.1, 0.15) is 11.7 Å². The molecular weight excluding hydrogens is 202 g/mol. The van der Waals surface area contributed by atoms with E-state index in [0.29, 0.717) is 0 Å². The van der Waals surface area contributed by atoms with Crippen LogP contribution in [0.15, 0.2) is 0 Å². The van der Waals surface area contributed by atoms with Crippen LogP contribution in [0.1, 0.15) is 20.8 Å². The van der Waals surface area contributed by atoms with E-state index in [9.17, 15) is 9.59 Å². The highest BCUT2D eigenvalue weighted by Crippen LogP contribution is 2.10.